The third-order valence-corrected chi connectivity index (χ3v) is 3.07. The molecule has 1 aromatic carbocycles. The Labute approximate surface area is 119 Å². The van der Waals surface area contributed by atoms with Crippen LogP contribution in [0.4, 0.5) is 0 Å². The van der Waals surface area contributed by atoms with Gasteiger partial charge in [0.2, 0.25) is 0 Å². The van der Waals surface area contributed by atoms with Crippen molar-refractivity contribution in [3.63, 3.8) is 0 Å². The van der Waals surface area contributed by atoms with Crippen molar-refractivity contribution >= 4 is 18.3 Å². The summed E-state index contributed by atoms with van der Waals surface area (Å²) in [5.41, 5.74) is 0. The summed E-state index contributed by atoms with van der Waals surface area (Å²) in [7, 11) is 2.04. The second kappa shape index (κ2) is 7.21. The van der Waals surface area contributed by atoms with E-state index in [0.29, 0.717) is 5.75 Å². The number of para-hydroxylation sites is 2. The summed E-state index contributed by atoms with van der Waals surface area (Å²) in [5, 5.41) is 9.51. The molecule has 1 aromatic rings. The number of amides is 1. The van der Waals surface area contributed by atoms with Crippen molar-refractivity contribution < 1.29 is 14.6 Å². The smallest absolute Gasteiger partial charge is 0.260 e. The molecule has 1 fully saturated rings. The molecule has 19 heavy (non-hydrogen) atoms. The lowest BCUT2D eigenvalue weighted by Gasteiger charge is -2.32. The average molecular weight is 287 g/mol. The Morgan fingerprint density at radius 1 is 1.26 bits per heavy atom. The number of ether oxygens (including phenoxy) is 1. The second-order valence-corrected chi connectivity index (χ2v) is 4.44. The molecule has 1 aliphatic heterocycles. The van der Waals surface area contributed by atoms with Crippen LogP contribution < -0.4 is 4.74 Å². The molecule has 1 aliphatic rings. The number of nitrogens with zero attached hydrogens (tertiary/aromatic N) is 2. The van der Waals surface area contributed by atoms with Gasteiger partial charge in [0.25, 0.3) is 5.91 Å². The molecule has 0 saturated carbocycles. The zero-order chi connectivity index (χ0) is 13.0. The Balaban J connectivity index is 0.00000180. The van der Waals surface area contributed by atoms with Crippen molar-refractivity contribution in [3.05, 3.63) is 24.3 Å². The van der Waals surface area contributed by atoms with Gasteiger partial charge < -0.3 is 19.6 Å². The Hall–Kier alpha value is -1.46. The quantitative estimate of drug-likeness (QED) is 0.899. The third kappa shape index (κ3) is 4.29. The maximum atomic E-state index is 11.9. The van der Waals surface area contributed by atoms with Crippen LogP contribution in [0, 0.1) is 0 Å². The second-order valence-electron chi connectivity index (χ2n) is 4.44. The first-order valence-corrected chi connectivity index (χ1v) is 6.04. The molecule has 0 aliphatic carbocycles. The Morgan fingerprint density at radius 3 is 2.53 bits per heavy atom. The standard InChI is InChI=1S/C13H18N2O3.ClH/c1-14-6-8-15(9-7-14)13(17)10-18-12-5-3-2-4-11(12)16;/h2-5,16H,6-10H2,1H3;1H. The molecule has 106 valence electrons. The summed E-state index contributed by atoms with van der Waals surface area (Å²) in [6, 6.07) is 6.65. The average Bonchev–Trinajstić information content (AvgIpc) is 2.38. The molecule has 5 nitrogen and oxygen atoms in total. The third-order valence-electron chi connectivity index (χ3n) is 3.07. The summed E-state index contributed by atoms with van der Waals surface area (Å²) in [4.78, 5) is 15.9. The number of phenolic OH excluding ortho intramolecular Hbond substituents is 1. The van der Waals surface area contributed by atoms with E-state index in [-0.39, 0.29) is 30.7 Å². The number of carbonyl (C=O) groups is 1. The maximum Gasteiger partial charge on any atom is 0.260 e. The van der Waals surface area contributed by atoms with Crippen LogP contribution in [0.2, 0.25) is 0 Å². The van der Waals surface area contributed by atoms with Crippen LogP contribution in [0.5, 0.6) is 11.5 Å². The highest BCUT2D eigenvalue weighted by atomic mass is 35.5. The van der Waals surface area contributed by atoms with Gasteiger partial charge in [-0.25, -0.2) is 0 Å². The van der Waals surface area contributed by atoms with Crippen LogP contribution in [0.15, 0.2) is 24.3 Å². The van der Waals surface area contributed by atoms with Gasteiger partial charge in [-0.15, -0.1) is 12.4 Å². The van der Waals surface area contributed by atoms with E-state index < -0.39 is 0 Å². The molecule has 0 aromatic heterocycles. The topological polar surface area (TPSA) is 53.0 Å². The molecule has 0 radical (unpaired) electrons. The number of phenols is 1. The van der Waals surface area contributed by atoms with E-state index in [1.165, 1.54) is 6.07 Å². The highest BCUT2D eigenvalue weighted by Gasteiger charge is 2.19. The van der Waals surface area contributed by atoms with Gasteiger partial charge in [0.05, 0.1) is 0 Å². The number of carbonyl (C=O) groups excluding carboxylic acids is 1. The highest BCUT2D eigenvalue weighted by molar-refractivity contribution is 5.85. The minimum Gasteiger partial charge on any atom is -0.504 e. The van der Waals surface area contributed by atoms with Gasteiger partial charge in [-0.05, 0) is 19.2 Å². The molecule has 6 heteroatoms. The monoisotopic (exact) mass is 286 g/mol. The molecule has 1 heterocycles. The molecule has 1 amide bonds. The van der Waals surface area contributed by atoms with E-state index in [9.17, 15) is 9.90 Å². The minimum absolute atomic E-state index is 0. The number of hydrogen-bond acceptors (Lipinski definition) is 4. The lowest BCUT2D eigenvalue weighted by Crippen LogP contribution is -2.48. The van der Waals surface area contributed by atoms with E-state index in [2.05, 4.69) is 4.90 Å². The predicted molar refractivity (Wildman–Crippen MR) is 74.9 cm³/mol. The zero-order valence-electron chi connectivity index (χ0n) is 10.9. The largest absolute Gasteiger partial charge is 0.504 e. The number of piperazine rings is 1. The predicted octanol–water partition coefficient (Wildman–Crippen LogP) is 0.967. The van der Waals surface area contributed by atoms with Gasteiger partial charge >= 0.3 is 0 Å². The van der Waals surface area contributed by atoms with Crippen molar-refractivity contribution in [3.8, 4) is 11.5 Å². The molecule has 1 saturated heterocycles. The summed E-state index contributed by atoms with van der Waals surface area (Å²) < 4.78 is 5.32. The van der Waals surface area contributed by atoms with Crippen LogP contribution in [0.3, 0.4) is 0 Å². The molecule has 0 spiro atoms. The van der Waals surface area contributed by atoms with Crippen molar-refractivity contribution in [2.24, 2.45) is 0 Å². The normalized spacial score (nSPS) is 15.7. The minimum atomic E-state index is -0.0358. The zero-order valence-corrected chi connectivity index (χ0v) is 11.7. The van der Waals surface area contributed by atoms with E-state index >= 15 is 0 Å². The van der Waals surface area contributed by atoms with E-state index in [0.717, 1.165) is 26.2 Å². The summed E-state index contributed by atoms with van der Waals surface area (Å²) in [6.45, 7) is 3.23. The van der Waals surface area contributed by atoms with E-state index in [1.807, 2.05) is 7.05 Å². The summed E-state index contributed by atoms with van der Waals surface area (Å²) >= 11 is 0. The van der Waals surface area contributed by atoms with E-state index in [1.54, 1.807) is 23.1 Å². The fourth-order valence-electron chi connectivity index (χ4n) is 1.87. The van der Waals surface area contributed by atoms with E-state index in [4.69, 9.17) is 4.74 Å². The van der Waals surface area contributed by atoms with Gasteiger partial charge in [-0.2, -0.15) is 0 Å². The molecule has 1 N–H and O–H groups in total. The van der Waals surface area contributed by atoms with Gasteiger partial charge in [0.15, 0.2) is 18.1 Å². The molecular weight excluding hydrogens is 268 g/mol. The van der Waals surface area contributed by atoms with Crippen LogP contribution >= 0.6 is 12.4 Å². The van der Waals surface area contributed by atoms with Gasteiger partial charge in [0, 0.05) is 26.2 Å². The number of halogens is 1. The summed E-state index contributed by atoms with van der Waals surface area (Å²) in [5.74, 6) is 0.370. The molecular formula is C13H19ClN2O3. The molecule has 0 bridgehead atoms. The highest BCUT2D eigenvalue weighted by Crippen LogP contribution is 2.24. The number of hydrogen-bond donors (Lipinski definition) is 1. The first-order valence-electron chi connectivity index (χ1n) is 6.04. The van der Waals surface area contributed by atoms with Crippen molar-refractivity contribution in [1.29, 1.82) is 0 Å². The lowest BCUT2D eigenvalue weighted by atomic mass is 10.3. The van der Waals surface area contributed by atoms with Crippen molar-refractivity contribution in [2.75, 3.05) is 39.8 Å². The molecule has 0 atom stereocenters. The number of aromatic hydroxyl groups is 1. The van der Waals surface area contributed by atoms with Gasteiger partial charge in [0.1, 0.15) is 0 Å². The fourth-order valence-corrected chi connectivity index (χ4v) is 1.87. The van der Waals surface area contributed by atoms with Crippen LogP contribution in [0.1, 0.15) is 0 Å². The first-order chi connectivity index (χ1) is 8.66. The Kier molecular flexibility index (Phi) is 5.92. The Bertz CT molecular complexity index is 420. The fraction of sp³-hybridized carbons (Fsp3) is 0.462. The van der Waals surface area contributed by atoms with Crippen molar-refractivity contribution in [1.82, 2.24) is 9.80 Å². The van der Waals surface area contributed by atoms with Gasteiger partial charge in [-0.1, -0.05) is 12.1 Å². The number of likely N-dealkylation sites (N-methyl/N-ethyl adjacent to an activating group) is 1. The maximum absolute atomic E-state index is 11.9. The molecule has 2 rings (SSSR count). The number of rotatable bonds is 3. The first kappa shape index (κ1) is 15.6. The molecule has 0 unspecified atom stereocenters. The van der Waals surface area contributed by atoms with Crippen LogP contribution in [-0.4, -0.2) is 60.6 Å². The summed E-state index contributed by atoms with van der Waals surface area (Å²) in [6.07, 6.45) is 0. The SMILES string of the molecule is CN1CCN(C(=O)COc2ccccc2O)CC1.Cl. The van der Waals surface area contributed by atoms with Crippen molar-refractivity contribution in [2.45, 2.75) is 0 Å². The van der Waals surface area contributed by atoms with Gasteiger partial charge in [-0.3, -0.25) is 4.79 Å². The Morgan fingerprint density at radius 2 is 1.89 bits per heavy atom. The van der Waals surface area contributed by atoms with Crippen LogP contribution in [-0.2, 0) is 4.79 Å². The number of benzene rings is 1. The van der Waals surface area contributed by atoms with Crippen LogP contribution in [0.25, 0.3) is 0 Å². The lowest BCUT2D eigenvalue weighted by molar-refractivity contribution is -0.134.